The van der Waals surface area contributed by atoms with Gasteiger partial charge in [-0.05, 0) is 53.0 Å². The van der Waals surface area contributed by atoms with Crippen LogP contribution in [0.15, 0.2) is 0 Å². The van der Waals surface area contributed by atoms with E-state index in [0.717, 1.165) is 25.8 Å². The van der Waals surface area contributed by atoms with Crippen molar-refractivity contribution in [2.45, 2.75) is 69.7 Å². The minimum absolute atomic E-state index is 0.262. The Morgan fingerprint density at radius 2 is 1.83 bits per heavy atom. The van der Waals surface area contributed by atoms with Crippen LogP contribution in [0.3, 0.4) is 0 Å². The molecule has 0 bridgehead atoms. The summed E-state index contributed by atoms with van der Waals surface area (Å²) in [5.41, 5.74) is 0. The molecule has 18 heavy (non-hydrogen) atoms. The van der Waals surface area contributed by atoms with Crippen LogP contribution in [0, 0.1) is 0 Å². The summed E-state index contributed by atoms with van der Waals surface area (Å²) in [5.74, 6) is 0. The Bertz CT molecular complexity index is 376. The predicted molar refractivity (Wildman–Crippen MR) is 74.0 cm³/mol. The van der Waals surface area contributed by atoms with Gasteiger partial charge in [-0.3, -0.25) is 0 Å². The molecule has 0 aromatic carbocycles. The summed E-state index contributed by atoms with van der Waals surface area (Å²) in [6.07, 6.45) is 5.59. The summed E-state index contributed by atoms with van der Waals surface area (Å²) < 4.78 is 26.3. The number of nitrogens with one attached hydrogen (secondary N) is 1. The van der Waals surface area contributed by atoms with Gasteiger partial charge in [0.25, 0.3) is 0 Å². The third kappa shape index (κ3) is 3.06. The molecule has 2 aliphatic rings. The number of piperidine rings is 1. The third-order valence-corrected chi connectivity index (χ3v) is 6.46. The predicted octanol–water partition coefficient (Wildman–Crippen LogP) is 1.72. The van der Waals surface area contributed by atoms with Crippen LogP contribution < -0.4 is 5.32 Å². The molecule has 2 fully saturated rings. The number of hydrogen-bond donors (Lipinski definition) is 1. The molecule has 0 amide bonds. The van der Waals surface area contributed by atoms with Crippen LogP contribution in [0.1, 0.15) is 52.9 Å². The maximum atomic E-state index is 12.6. The van der Waals surface area contributed by atoms with Crippen LogP contribution in [0.25, 0.3) is 0 Å². The molecule has 1 unspecified atom stereocenters. The molecule has 5 heteroatoms. The van der Waals surface area contributed by atoms with Gasteiger partial charge in [-0.25, -0.2) is 8.42 Å². The monoisotopic (exact) mass is 274 g/mol. The van der Waals surface area contributed by atoms with Gasteiger partial charge in [0, 0.05) is 18.6 Å². The molecule has 1 saturated heterocycles. The van der Waals surface area contributed by atoms with Crippen molar-refractivity contribution in [1.82, 2.24) is 9.62 Å². The first kappa shape index (κ1) is 14.3. The molecular formula is C13H26N2O2S. The highest BCUT2D eigenvalue weighted by Crippen LogP contribution is 2.34. The van der Waals surface area contributed by atoms with E-state index in [-0.39, 0.29) is 6.04 Å². The van der Waals surface area contributed by atoms with E-state index in [1.165, 1.54) is 12.8 Å². The summed E-state index contributed by atoms with van der Waals surface area (Å²) in [6, 6.07) is 0.606. The van der Waals surface area contributed by atoms with Crippen LogP contribution >= 0.6 is 0 Å². The van der Waals surface area contributed by atoms with Crippen molar-refractivity contribution in [3.8, 4) is 0 Å². The Balaban J connectivity index is 2.08. The number of hydrogen-bond acceptors (Lipinski definition) is 3. The van der Waals surface area contributed by atoms with Gasteiger partial charge in [-0.15, -0.1) is 0 Å². The normalized spacial score (nSPS) is 26.6. The van der Waals surface area contributed by atoms with Gasteiger partial charge >= 0.3 is 0 Å². The first-order valence-electron chi connectivity index (χ1n) is 7.07. The molecule has 1 aliphatic carbocycles. The van der Waals surface area contributed by atoms with Gasteiger partial charge in [0.15, 0.2) is 0 Å². The highest BCUT2D eigenvalue weighted by Gasteiger charge is 2.44. The summed E-state index contributed by atoms with van der Waals surface area (Å²) in [7, 11) is -3.18. The first-order valence-corrected chi connectivity index (χ1v) is 8.51. The summed E-state index contributed by atoms with van der Waals surface area (Å²) in [6.45, 7) is 7.08. The average Bonchev–Trinajstić information content (AvgIpc) is 3.09. The van der Waals surface area contributed by atoms with E-state index in [9.17, 15) is 8.42 Å². The minimum atomic E-state index is -3.18. The highest BCUT2D eigenvalue weighted by molar-refractivity contribution is 7.90. The number of sulfonamides is 1. The fourth-order valence-electron chi connectivity index (χ4n) is 2.45. The van der Waals surface area contributed by atoms with Gasteiger partial charge in [-0.2, -0.15) is 4.31 Å². The second-order valence-electron chi connectivity index (χ2n) is 6.57. The van der Waals surface area contributed by atoms with E-state index in [2.05, 4.69) is 5.32 Å². The Morgan fingerprint density at radius 1 is 1.17 bits per heavy atom. The molecule has 4 nitrogen and oxygen atoms in total. The maximum Gasteiger partial charge on any atom is 0.219 e. The highest BCUT2D eigenvalue weighted by atomic mass is 32.2. The number of rotatable bonds is 4. The fraction of sp³-hybridized carbons (Fsp3) is 1.00. The lowest BCUT2D eigenvalue weighted by molar-refractivity contribution is 0.302. The van der Waals surface area contributed by atoms with Crippen molar-refractivity contribution in [2.75, 3.05) is 13.1 Å². The zero-order chi connectivity index (χ0) is 13.4. The maximum absolute atomic E-state index is 12.6. The minimum Gasteiger partial charge on any atom is -0.313 e. The van der Waals surface area contributed by atoms with E-state index in [1.54, 1.807) is 25.1 Å². The second-order valence-corrected chi connectivity index (χ2v) is 9.21. The Labute approximate surface area is 111 Å². The molecule has 1 aliphatic heterocycles. The molecule has 1 saturated carbocycles. The van der Waals surface area contributed by atoms with E-state index in [4.69, 9.17) is 0 Å². The largest absolute Gasteiger partial charge is 0.313 e. The van der Waals surface area contributed by atoms with E-state index in [1.807, 2.05) is 0 Å². The average molecular weight is 274 g/mol. The molecule has 1 heterocycles. The zero-order valence-electron chi connectivity index (χ0n) is 11.8. The Hall–Kier alpha value is -0.130. The topological polar surface area (TPSA) is 49.4 Å². The van der Waals surface area contributed by atoms with E-state index < -0.39 is 14.8 Å². The van der Waals surface area contributed by atoms with Crippen molar-refractivity contribution in [3.05, 3.63) is 0 Å². The molecule has 0 aromatic heterocycles. The Kier molecular flexibility index (Phi) is 4.04. The molecule has 0 radical (unpaired) electrons. The summed E-state index contributed by atoms with van der Waals surface area (Å²) in [4.78, 5) is 0. The van der Waals surface area contributed by atoms with Crippen LogP contribution in [-0.4, -0.2) is 42.6 Å². The lowest BCUT2D eigenvalue weighted by Gasteiger charge is -2.34. The lowest BCUT2D eigenvalue weighted by Crippen LogP contribution is -2.51. The summed E-state index contributed by atoms with van der Waals surface area (Å²) in [5, 5.41) is 3.45. The van der Waals surface area contributed by atoms with Gasteiger partial charge < -0.3 is 5.32 Å². The van der Waals surface area contributed by atoms with Crippen molar-refractivity contribution in [2.24, 2.45) is 0 Å². The summed E-state index contributed by atoms with van der Waals surface area (Å²) >= 11 is 0. The van der Waals surface area contributed by atoms with Crippen LogP contribution in [-0.2, 0) is 10.0 Å². The molecule has 1 atom stereocenters. The van der Waals surface area contributed by atoms with Gasteiger partial charge in [-0.1, -0.05) is 6.42 Å². The van der Waals surface area contributed by atoms with Gasteiger partial charge in [0.05, 0.1) is 4.75 Å². The lowest BCUT2D eigenvalue weighted by atomic mass is 10.1. The zero-order valence-corrected chi connectivity index (χ0v) is 12.6. The van der Waals surface area contributed by atoms with E-state index >= 15 is 0 Å². The van der Waals surface area contributed by atoms with Crippen LogP contribution in [0.4, 0.5) is 0 Å². The molecule has 0 aromatic rings. The second kappa shape index (κ2) is 5.10. The first-order chi connectivity index (χ1) is 8.32. The SMILES string of the molecule is CC(C)(C)S(=O)(=O)N(CC1CCCCN1)C1CC1. The van der Waals surface area contributed by atoms with Gasteiger partial charge in [0.1, 0.15) is 0 Å². The third-order valence-electron chi connectivity index (χ3n) is 3.85. The van der Waals surface area contributed by atoms with Crippen LogP contribution in [0.2, 0.25) is 0 Å². The smallest absolute Gasteiger partial charge is 0.219 e. The number of nitrogens with zero attached hydrogens (tertiary/aromatic N) is 1. The quantitative estimate of drug-likeness (QED) is 0.849. The van der Waals surface area contributed by atoms with Crippen molar-refractivity contribution in [3.63, 3.8) is 0 Å². The molecule has 2 rings (SSSR count). The fourth-order valence-corrected chi connectivity index (χ4v) is 4.14. The van der Waals surface area contributed by atoms with Crippen molar-refractivity contribution < 1.29 is 8.42 Å². The molecular weight excluding hydrogens is 248 g/mol. The van der Waals surface area contributed by atoms with Gasteiger partial charge in [0.2, 0.25) is 10.0 Å². The Morgan fingerprint density at radius 3 is 2.28 bits per heavy atom. The molecule has 1 N–H and O–H groups in total. The molecule has 106 valence electrons. The standard InChI is InChI=1S/C13H26N2O2S/c1-13(2,3)18(16,17)15(12-7-8-12)10-11-6-4-5-9-14-11/h11-12,14H,4-10H2,1-3H3. The molecule has 0 spiro atoms. The van der Waals surface area contributed by atoms with Crippen molar-refractivity contribution in [1.29, 1.82) is 0 Å². The van der Waals surface area contributed by atoms with E-state index in [0.29, 0.717) is 12.6 Å². The van der Waals surface area contributed by atoms with Crippen LogP contribution in [0.5, 0.6) is 0 Å². The van der Waals surface area contributed by atoms with Crippen molar-refractivity contribution >= 4 is 10.0 Å².